The number of aliphatic carboxylic acids is 1. The van der Waals surface area contributed by atoms with Crippen molar-refractivity contribution in [1.82, 2.24) is 4.90 Å². The van der Waals surface area contributed by atoms with Crippen LogP contribution in [0.3, 0.4) is 0 Å². The molecule has 0 aromatic heterocycles. The molecule has 7 heteroatoms. The van der Waals surface area contributed by atoms with Crippen LogP contribution in [-0.4, -0.2) is 58.3 Å². The quantitative estimate of drug-likeness (QED) is 0.794. The number of amides is 1. The number of carbonyl (C=O) groups excluding carboxylic acids is 1. The van der Waals surface area contributed by atoms with Gasteiger partial charge in [-0.1, -0.05) is 0 Å². The molecule has 1 saturated carbocycles. The lowest BCUT2D eigenvalue weighted by Crippen LogP contribution is -2.56. The number of hydrogen-bond donors (Lipinski definition) is 1. The molecule has 2 aliphatic heterocycles. The molecule has 2 heterocycles. The lowest BCUT2D eigenvalue weighted by molar-refractivity contribution is -0.143. The minimum Gasteiger partial charge on any atom is -0.480 e. The topological polar surface area (TPSA) is 85.3 Å². The second-order valence-electron chi connectivity index (χ2n) is 7.46. The second-order valence-corrected chi connectivity index (χ2v) is 7.46. The van der Waals surface area contributed by atoms with E-state index < -0.39 is 29.4 Å². The highest BCUT2D eigenvalue weighted by atomic mass is 16.6. The molecule has 7 nitrogen and oxygen atoms in total. The monoisotopic (exact) mass is 313 g/mol. The maximum atomic E-state index is 12.6. The van der Waals surface area contributed by atoms with Gasteiger partial charge >= 0.3 is 12.1 Å². The third kappa shape index (κ3) is 2.46. The van der Waals surface area contributed by atoms with Gasteiger partial charge in [0.15, 0.2) is 11.8 Å². The van der Waals surface area contributed by atoms with Gasteiger partial charge in [0.1, 0.15) is 5.60 Å². The van der Waals surface area contributed by atoms with Crippen LogP contribution in [0, 0.1) is 0 Å². The maximum absolute atomic E-state index is 12.6. The van der Waals surface area contributed by atoms with E-state index in [0.29, 0.717) is 6.42 Å². The number of nitrogens with zero attached hydrogens (tertiary/aromatic N) is 1. The summed E-state index contributed by atoms with van der Waals surface area (Å²) in [5, 5.41) is 9.41. The van der Waals surface area contributed by atoms with Crippen LogP contribution in [0.25, 0.3) is 0 Å². The van der Waals surface area contributed by atoms with Crippen LogP contribution in [0.4, 0.5) is 4.79 Å². The van der Waals surface area contributed by atoms with Gasteiger partial charge < -0.3 is 19.3 Å². The first-order valence-electron chi connectivity index (χ1n) is 7.70. The number of ether oxygens (including phenoxy) is 3. The summed E-state index contributed by atoms with van der Waals surface area (Å²) in [6.07, 6.45) is 2.81. The zero-order valence-corrected chi connectivity index (χ0v) is 13.3. The van der Waals surface area contributed by atoms with Crippen LogP contribution in [0.1, 0.15) is 46.5 Å². The largest absolute Gasteiger partial charge is 0.480 e. The normalized spacial score (nSPS) is 33.2. The predicted molar refractivity (Wildman–Crippen MR) is 75.3 cm³/mol. The molecule has 0 aromatic rings. The Labute approximate surface area is 129 Å². The highest BCUT2D eigenvalue weighted by Gasteiger charge is 2.63. The van der Waals surface area contributed by atoms with Gasteiger partial charge in [-0.25, -0.2) is 9.59 Å². The van der Waals surface area contributed by atoms with Crippen LogP contribution < -0.4 is 0 Å². The van der Waals surface area contributed by atoms with E-state index in [-0.39, 0.29) is 18.8 Å². The average Bonchev–Trinajstić information content (AvgIpc) is 2.89. The van der Waals surface area contributed by atoms with E-state index in [1.807, 2.05) is 0 Å². The molecule has 3 fully saturated rings. The Morgan fingerprint density at radius 1 is 1.27 bits per heavy atom. The van der Waals surface area contributed by atoms with Crippen molar-refractivity contribution in [3.05, 3.63) is 0 Å². The Balaban J connectivity index is 1.86. The number of carboxylic acid groups (broad SMARTS) is 1. The SMILES string of the molecule is CC(C)(C)OC(=O)N1C(C(=O)O)COC12COC1(CCC1)C2. The Bertz CT molecular complexity index is 495. The standard InChI is InChI=1S/C15H23NO6/c1-13(2,3)22-12(19)16-10(11(17)18)7-20-15(16)8-14(21-9-15)5-4-6-14/h10H,4-9H2,1-3H3,(H,17,18). The number of carboxylic acids is 1. The molecular weight excluding hydrogens is 290 g/mol. The summed E-state index contributed by atoms with van der Waals surface area (Å²) in [4.78, 5) is 25.3. The molecule has 0 aromatic carbocycles. The summed E-state index contributed by atoms with van der Waals surface area (Å²) in [5.74, 6) is -1.09. The van der Waals surface area contributed by atoms with Gasteiger partial charge in [0.2, 0.25) is 0 Å². The van der Waals surface area contributed by atoms with Crippen molar-refractivity contribution in [1.29, 1.82) is 0 Å². The van der Waals surface area contributed by atoms with Crippen molar-refractivity contribution >= 4 is 12.1 Å². The summed E-state index contributed by atoms with van der Waals surface area (Å²) in [6, 6.07) is -1.03. The minimum atomic E-state index is -1.09. The molecule has 3 aliphatic rings. The van der Waals surface area contributed by atoms with Gasteiger partial charge in [0.05, 0.1) is 18.8 Å². The van der Waals surface area contributed by atoms with E-state index in [0.717, 1.165) is 19.3 Å². The molecule has 0 radical (unpaired) electrons. The summed E-state index contributed by atoms with van der Waals surface area (Å²) >= 11 is 0. The van der Waals surface area contributed by atoms with E-state index in [9.17, 15) is 14.7 Å². The fraction of sp³-hybridized carbons (Fsp3) is 0.867. The average molecular weight is 313 g/mol. The van der Waals surface area contributed by atoms with Gasteiger partial charge in [-0.2, -0.15) is 0 Å². The fourth-order valence-electron chi connectivity index (χ4n) is 3.46. The summed E-state index contributed by atoms with van der Waals surface area (Å²) in [5.41, 5.74) is -1.96. The molecule has 2 atom stereocenters. The molecule has 3 rings (SSSR count). The molecule has 1 amide bonds. The highest BCUT2D eigenvalue weighted by molar-refractivity contribution is 5.81. The highest BCUT2D eigenvalue weighted by Crippen LogP contribution is 2.51. The summed E-state index contributed by atoms with van der Waals surface area (Å²) < 4.78 is 17.1. The lowest BCUT2D eigenvalue weighted by Gasteiger charge is -2.39. The number of carbonyl (C=O) groups is 2. The molecule has 0 bridgehead atoms. The molecule has 2 spiro atoms. The van der Waals surface area contributed by atoms with Crippen molar-refractivity contribution in [3.8, 4) is 0 Å². The van der Waals surface area contributed by atoms with Gasteiger partial charge in [-0.15, -0.1) is 0 Å². The number of rotatable bonds is 1. The minimum absolute atomic E-state index is 0.0337. The Morgan fingerprint density at radius 3 is 2.41 bits per heavy atom. The maximum Gasteiger partial charge on any atom is 0.413 e. The summed E-state index contributed by atoms with van der Waals surface area (Å²) in [7, 11) is 0. The van der Waals surface area contributed by atoms with Gasteiger partial charge in [0, 0.05) is 6.42 Å². The van der Waals surface area contributed by atoms with E-state index in [2.05, 4.69) is 0 Å². The molecule has 1 N–H and O–H groups in total. The van der Waals surface area contributed by atoms with Crippen LogP contribution >= 0.6 is 0 Å². The lowest BCUT2D eigenvalue weighted by atomic mass is 9.76. The van der Waals surface area contributed by atoms with Crippen molar-refractivity contribution in [3.63, 3.8) is 0 Å². The van der Waals surface area contributed by atoms with E-state index >= 15 is 0 Å². The molecule has 2 saturated heterocycles. The van der Waals surface area contributed by atoms with E-state index in [1.165, 1.54) is 4.90 Å². The summed E-state index contributed by atoms with van der Waals surface area (Å²) in [6.45, 7) is 5.43. The zero-order chi connectivity index (χ0) is 16.2. The Morgan fingerprint density at radius 2 is 1.95 bits per heavy atom. The first-order chi connectivity index (χ1) is 10.2. The predicted octanol–water partition coefficient (Wildman–Crippen LogP) is 1.75. The van der Waals surface area contributed by atoms with Crippen molar-refractivity contribution < 1.29 is 28.9 Å². The third-order valence-corrected chi connectivity index (χ3v) is 4.60. The second kappa shape index (κ2) is 4.83. The van der Waals surface area contributed by atoms with Gasteiger partial charge in [0.25, 0.3) is 0 Å². The molecule has 1 aliphatic carbocycles. The Kier molecular flexibility index (Phi) is 3.41. The van der Waals surface area contributed by atoms with Crippen LogP contribution in [0.5, 0.6) is 0 Å². The van der Waals surface area contributed by atoms with Crippen molar-refractivity contribution in [2.75, 3.05) is 13.2 Å². The van der Waals surface area contributed by atoms with Crippen molar-refractivity contribution in [2.45, 2.75) is 69.4 Å². The van der Waals surface area contributed by atoms with E-state index in [4.69, 9.17) is 14.2 Å². The molecule has 2 unspecified atom stereocenters. The van der Waals surface area contributed by atoms with Gasteiger partial charge in [-0.3, -0.25) is 4.90 Å². The molecule has 22 heavy (non-hydrogen) atoms. The van der Waals surface area contributed by atoms with Crippen LogP contribution in [-0.2, 0) is 19.0 Å². The first kappa shape index (κ1) is 15.6. The van der Waals surface area contributed by atoms with Crippen LogP contribution in [0.15, 0.2) is 0 Å². The smallest absolute Gasteiger partial charge is 0.413 e. The molecular formula is C15H23NO6. The van der Waals surface area contributed by atoms with Crippen molar-refractivity contribution in [2.24, 2.45) is 0 Å². The van der Waals surface area contributed by atoms with Gasteiger partial charge in [-0.05, 0) is 40.0 Å². The van der Waals surface area contributed by atoms with Crippen LogP contribution in [0.2, 0.25) is 0 Å². The number of hydrogen-bond acceptors (Lipinski definition) is 5. The zero-order valence-electron chi connectivity index (χ0n) is 13.3. The first-order valence-corrected chi connectivity index (χ1v) is 7.70. The third-order valence-electron chi connectivity index (χ3n) is 4.60. The Hall–Kier alpha value is -1.34. The fourth-order valence-corrected chi connectivity index (χ4v) is 3.46. The molecule has 124 valence electrons. The van der Waals surface area contributed by atoms with E-state index in [1.54, 1.807) is 20.8 Å².